The van der Waals surface area contributed by atoms with Gasteiger partial charge in [0.2, 0.25) is 0 Å². The molecule has 1 aliphatic heterocycles. The van der Waals surface area contributed by atoms with E-state index in [1.165, 1.54) is 11.8 Å². The van der Waals surface area contributed by atoms with E-state index in [1.54, 1.807) is 7.11 Å². The van der Waals surface area contributed by atoms with Crippen molar-refractivity contribution in [3.05, 3.63) is 35.4 Å². The molecule has 0 unspecified atom stereocenters. The van der Waals surface area contributed by atoms with Gasteiger partial charge in [-0.15, -0.1) is 11.8 Å². The summed E-state index contributed by atoms with van der Waals surface area (Å²) in [6, 6.07) is 11.9. The van der Waals surface area contributed by atoms with Gasteiger partial charge in [-0.25, -0.2) is 4.98 Å². The van der Waals surface area contributed by atoms with Gasteiger partial charge >= 0.3 is 0 Å². The molecule has 0 bridgehead atoms. The first-order chi connectivity index (χ1) is 14.7. The van der Waals surface area contributed by atoms with E-state index in [0.29, 0.717) is 59.0 Å². The number of rotatable bonds is 10. The summed E-state index contributed by atoms with van der Waals surface area (Å²) in [5, 5.41) is 23.6. The summed E-state index contributed by atoms with van der Waals surface area (Å²) < 4.78 is 15.9. The van der Waals surface area contributed by atoms with Crippen LogP contribution < -0.4 is 10.1 Å². The number of ether oxygens (including phenoxy) is 3. The van der Waals surface area contributed by atoms with Crippen LogP contribution >= 0.6 is 11.8 Å². The Morgan fingerprint density at radius 3 is 2.47 bits per heavy atom. The smallest absolute Gasteiger partial charge is 0.146 e. The fraction of sp³-hybridized carbons (Fsp3) is 0.409. The molecule has 0 aliphatic carbocycles. The first kappa shape index (κ1) is 21.9. The number of nitriles is 2. The fourth-order valence-electron chi connectivity index (χ4n) is 3.00. The zero-order valence-electron chi connectivity index (χ0n) is 17.1. The molecule has 1 fully saturated rings. The molecule has 156 valence electrons. The summed E-state index contributed by atoms with van der Waals surface area (Å²) in [5.41, 5.74) is 2.17. The molecule has 0 radical (unpaired) electrons. The molecule has 2 heterocycles. The highest BCUT2D eigenvalue weighted by Crippen LogP contribution is 2.38. The summed E-state index contributed by atoms with van der Waals surface area (Å²) in [7, 11) is 1.62. The minimum atomic E-state index is 0.373. The number of hydrogen-bond donors (Lipinski definition) is 1. The molecule has 1 N–H and O–H groups in total. The average molecular weight is 425 g/mol. The molecular weight excluding hydrogens is 400 g/mol. The van der Waals surface area contributed by atoms with E-state index in [-0.39, 0.29) is 0 Å². The molecule has 0 spiro atoms. The van der Waals surface area contributed by atoms with Gasteiger partial charge in [-0.2, -0.15) is 10.5 Å². The molecule has 30 heavy (non-hydrogen) atoms. The Labute approximate surface area is 181 Å². The number of thioether (sulfide) groups is 1. The topological polar surface area (TPSA) is 100 Å². The second-order valence-corrected chi connectivity index (χ2v) is 7.73. The Kier molecular flexibility index (Phi) is 7.92. The van der Waals surface area contributed by atoms with Crippen molar-refractivity contribution in [2.75, 3.05) is 51.2 Å². The molecule has 1 aromatic heterocycles. The lowest BCUT2D eigenvalue weighted by Gasteiger charge is -2.25. The maximum atomic E-state index is 9.94. The minimum absolute atomic E-state index is 0.373. The van der Waals surface area contributed by atoms with Crippen molar-refractivity contribution in [1.82, 2.24) is 4.98 Å². The van der Waals surface area contributed by atoms with Gasteiger partial charge in [0.1, 0.15) is 40.9 Å². The zero-order chi connectivity index (χ0) is 21.3. The van der Waals surface area contributed by atoms with Crippen LogP contribution in [0, 0.1) is 28.6 Å². The quantitative estimate of drug-likeness (QED) is 0.455. The maximum Gasteiger partial charge on any atom is 0.146 e. The number of aromatic nitrogens is 1. The Morgan fingerprint density at radius 2 is 1.90 bits per heavy atom. The van der Waals surface area contributed by atoms with Crippen molar-refractivity contribution in [3.63, 3.8) is 0 Å². The van der Waals surface area contributed by atoms with Gasteiger partial charge in [-0.1, -0.05) is 12.1 Å². The number of nitrogens with one attached hydrogen (secondary N) is 1. The van der Waals surface area contributed by atoms with E-state index < -0.39 is 0 Å². The molecule has 3 rings (SSSR count). The maximum absolute atomic E-state index is 9.94. The van der Waals surface area contributed by atoms with Crippen LogP contribution in [0.25, 0.3) is 11.1 Å². The largest absolute Gasteiger partial charge is 0.491 e. The molecule has 0 atom stereocenters. The third kappa shape index (κ3) is 5.03. The van der Waals surface area contributed by atoms with Gasteiger partial charge in [-0.05, 0) is 24.6 Å². The van der Waals surface area contributed by atoms with E-state index in [9.17, 15) is 10.5 Å². The fourth-order valence-corrected chi connectivity index (χ4v) is 4.04. The van der Waals surface area contributed by atoms with Gasteiger partial charge in [0.15, 0.2) is 0 Å². The highest BCUT2D eigenvalue weighted by molar-refractivity contribution is 7.99. The lowest BCUT2D eigenvalue weighted by atomic mass is 9.96. The lowest BCUT2D eigenvalue weighted by molar-refractivity contribution is -0.0196. The van der Waals surface area contributed by atoms with Crippen LogP contribution in [0.15, 0.2) is 29.3 Å². The van der Waals surface area contributed by atoms with Crippen LogP contribution in [0.1, 0.15) is 18.1 Å². The molecule has 0 amide bonds. The Hall–Kier alpha value is -2.78. The van der Waals surface area contributed by atoms with Gasteiger partial charge in [0.05, 0.1) is 25.4 Å². The van der Waals surface area contributed by atoms with Crippen LogP contribution in [-0.4, -0.2) is 50.8 Å². The summed E-state index contributed by atoms with van der Waals surface area (Å²) in [4.78, 5) is 4.62. The Morgan fingerprint density at radius 1 is 1.17 bits per heavy atom. The van der Waals surface area contributed by atoms with Crippen molar-refractivity contribution in [3.8, 4) is 29.0 Å². The molecule has 1 aliphatic rings. The van der Waals surface area contributed by atoms with E-state index >= 15 is 0 Å². The average Bonchev–Trinajstić information content (AvgIpc) is 2.73. The summed E-state index contributed by atoms with van der Waals surface area (Å²) in [5.74, 6) is 2.49. The summed E-state index contributed by atoms with van der Waals surface area (Å²) in [6.07, 6.45) is 0. The first-order valence-electron chi connectivity index (χ1n) is 9.76. The third-order valence-corrected chi connectivity index (χ3v) is 5.80. The highest BCUT2D eigenvalue weighted by Gasteiger charge is 2.24. The number of methoxy groups -OCH3 is 1. The number of benzene rings is 1. The van der Waals surface area contributed by atoms with Crippen molar-refractivity contribution < 1.29 is 14.2 Å². The second-order valence-electron chi connectivity index (χ2n) is 6.72. The summed E-state index contributed by atoms with van der Waals surface area (Å²) >= 11 is 1.54. The van der Waals surface area contributed by atoms with Gasteiger partial charge in [-0.3, -0.25) is 0 Å². The second kappa shape index (κ2) is 10.8. The molecule has 7 nitrogen and oxygen atoms in total. The Balaban J connectivity index is 2.00. The van der Waals surface area contributed by atoms with Crippen LogP contribution in [-0.2, 0) is 9.47 Å². The standard InChI is InChI=1S/C22H24N4O3S/c1-3-25-21-18(10-23)20(16-4-6-17(7-5-16)29-9-8-27-2)19(11-24)22(26-21)30-14-15-12-28-13-15/h4-7,15H,3,8-9,12-14H2,1-2H3,(H,25,26). The molecule has 2 aromatic rings. The van der Waals surface area contributed by atoms with Gasteiger partial charge in [0, 0.05) is 30.9 Å². The molecule has 8 heteroatoms. The predicted octanol–water partition coefficient (Wildman–Crippen LogP) is 3.69. The van der Waals surface area contributed by atoms with Crippen LogP contribution in [0.2, 0.25) is 0 Å². The number of hydrogen-bond acceptors (Lipinski definition) is 8. The number of nitrogens with zero attached hydrogens (tertiary/aromatic N) is 3. The van der Waals surface area contributed by atoms with Crippen LogP contribution in [0.3, 0.4) is 0 Å². The SMILES string of the molecule is CCNc1nc(SCC2COC2)c(C#N)c(-c2ccc(OCCOC)cc2)c1C#N. The van der Waals surface area contributed by atoms with Crippen molar-refractivity contribution >= 4 is 17.6 Å². The van der Waals surface area contributed by atoms with Crippen molar-refractivity contribution in [2.24, 2.45) is 5.92 Å². The third-order valence-electron chi connectivity index (χ3n) is 4.59. The lowest BCUT2D eigenvalue weighted by Crippen LogP contribution is -2.29. The molecule has 0 saturated carbocycles. The van der Waals surface area contributed by atoms with Crippen molar-refractivity contribution in [1.29, 1.82) is 10.5 Å². The van der Waals surface area contributed by atoms with Crippen LogP contribution in [0.5, 0.6) is 5.75 Å². The highest BCUT2D eigenvalue weighted by atomic mass is 32.2. The molecule has 1 aromatic carbocycles. The summed E-state index contributed by atoms with van der Waals surface area (Å²) in [6.45, 7) is 5.01. The van der Waals surface area contributed by atoms with E-state index in [4.69, 9.17) is 14.2 Å². The first-order valence-corrected chi connectivity index (χ1v) is 10.7. The minimum Gasteiger partial charge on any atom is -0.491 e. The van der Waals surface area contributed by atoms with Gasteiger partial charge in [0.25, 0.3) is 0 Å². The Bertz CT molecular complexity index is 947. The number of anilines is 1. The monoisotopic (exact) mass is 424 g/mol. The normalized spacial score (nSPS) is 13.2. The number of pyridine rings is 1. The van der Waals surface area contributed by atoms with E-state index in [2.05, 4.69) is 22.4 Å². The molecular formula is C22H24N4O3S. The molecule has 1 saturated heterocycles. The van der Waals surface area contributed by atoms with Crippen LogP contribution in [0.4, 0.5) is 5.82 Å². The van der Waals surface area contributed by atoms with Crippen molar-refractivity contribution in [2.45, 2.75) is 11.9 Å². The van der Waals surface area contributed by atoms with E-state index in [0.717, 1.165) is 24.5 Å². The van der Waals surface area contributed by atoms with E-state index in [1.807, 2.05) is 31.2 Å². The zero-order valence-corrected chi connectivity index (χ0v) is 17.9. The predicted molar refractivity (Wildman–Crippen MR) is 116 cm³/mol. The van der Waals surface area contributed by atoms with Gasteiger partial charge < -0.3 is 19.5 Å².